The molecule has 1 aliphatic heterocycles. The number of nitrogens with one attached hydrogen (secondary N) is 1. The minimum Gasteiger partial charge on any atom is -0.444 e. The highest BCUT2D eigenvalue weighted by molar-refractivity contribution is 9.10. The number of aromatic nitrogens is 4. The van der Waals surface area contributed by atoms with E-state index >= 15 is 0 Å². The number of pyridine rings is 2. The van der Waals surface area contributed by atoms with Crippen LogP contribution in [0.4, 0.5) is 22.2 Å². The number of piperazine rings is 1. The van der Waals surface area contributed by atoms with E-state index in [-0.39, 0.29) is 17.7 Å². The largest absolute Gasteiger partial charge is 0.444 e. The monoisotopic (exact) mass is 583 g/mol. The van der Waals surface area contributed by atoms with Crippen molar-refractivity contribution in [2.24, 2.45) is 0 Å². The molecule has 2 fully saturated rings. The predicted octanol–water partition coefficient (Wildman–Crippen LogP) is 5.17. The fourth-order valence-corrected chi connectivity index (χ4v) is 5.49. The number of fused-ring (bicyclic) bond motifs is 1. The zero-order chi connectivity index (χ0) is 27.0. The predicted molar refractivity (Wildman–Crippen MR) is 151 cm³/mol. The summed E-state index contributed by atoms with van der Waals surface area (Å²) in [4.78, 5) is 43.3. The fourth-order valence-electron chi connectivity index (χ4n) is 5.08. The summed E-state index contributed by atoms with van der Waals surface area (Å²) < 4.78 is 7.90. The smallest absolute Gasteiger partial charge is 0.410 e. The van der Waals surface area contributed by atoms with Crippen LogP contribution in [0.5, 0.6) is 0 Å². The number of ether oxygens (including phenoxy) is 1. The van der Waals surface area contributed by atoms with E-state index in [0.717, 1.165) is 48.1 Å². The Hall–Kier alpha value is -3.21. The highest BCUT2D eigenvalue weighted by Crippen LogP contribution is 2.32. The Morgan fingerprint density at radius 2 is 1.79 bits per heavy atom. The van der Waals surface area contributed by atoms with Gasteiger partial charge >= 0.3 is 6.09 Å². The first-order valence-electron chi connectivity index (χ1n) is 13.1. The van der Waals surface area contributed by atoms with Crippen molar-refractivity contribution in [2.45, 2.75) is 65.0 Å². The molecule has 2 aliphatic rings. The number of carbonyl (C=O) groups excluding carboxylic acids is 1. The molecular formula is C27H34BrN7O3. The zero-order valence-corrected chi connectivity index (χ0v) is 23.9. The summed E-state index contributed by atoms with van der Waals surface area (Å²) in [6.07, 6.45) is 7.45. The van der Waals surface area contributed by atoms with Crippen LogP contribution < -0.4 is 15.8 Å². The second-order valence-electron chi connectivity index (χ2n) is 11.0. The van der Waals surface area contributed by atoms with Gasteiger partial charge in [0, 0.05) is 43.8 Å². The van der Waals surface area contributed by atoms with E-state index in [0.29, 0.717) is 42.2 Å². The number of halogens is 1. The van der Waals surface area contributed by atoms with Gasteiger partial charge in [0.15, 0.2) is 0 Å². The van der Waals surface area contributed by atoms with Crippen LogP contribution in [0, 0.1) is 6.92 Å². The summed E-state index contributed by atoms with van der Waals surface area (Å²) in [6, 6.07) is 4.04. The third-order valence-corrected chi connectivity index (χ3v) is 8.02. The van der Waals surface area contributed by atoms with Crippen molar-refractivity contribution in [1.82, 2.24) is 24.4 Å². The standard InChI is InChI=1S/C27H34BrN7O3/c1-17-20-16-30-25(32-23(20)35(24(36)22(17)28)19-7-5-6-8-19)31-18-9-10-21(29-15-18)33-11-13-34(14-12-33)26(37)38-27(2,3)4/h9-10,15-16,19H,5-8,11-14H2,1-4H3,(H,30,31,32). The van der Waals surface area contributed by atoms with Crippen LogP contribution in [0.15, 0.2) is 33.8 Å². The Kier molecular flexibility index (Phi) is 7.30. The summed E-state index contributed by atoms with van der Waals surface area (Å²) in [5, 5.41) is 4.11. The average molecular weight is 585 g/mol. The summed E-state index contributed by atoms with van der Waals surface area (Å²) in [5.74, 6) is 1.26. The van der Waals surface area contributed by atoms with E-state index in [9.17, 15) is 9.59 Å². The first-order valence-corrected chi connectivity index (χ1v) is 13.9. The van der Waals surface area contributed by atoms with Crippen LogP contribution in [0.3, 0.4) is 0 Å². The summed E-state index contributed by atoms with van der Waals surface area (Å²) in [7, 11) is 0. The number of rotatable bonds is 4. The molecule has 1 saturated heterocycles. The second kappa shape index (κ2) is 10.5. The maximum Gasteiger partial charge on any atom is 0.410 e. The topological polar surface area (TPSA) is 105 Å². The minimum absolute atomic E-state index is 0.0377. The number of amides is 1. The van der Waals surface area contributed by atoms with Crippen LogP contribution in [0.1, 0.15) is 58.1 Å². The van der Waals surface area contributed by atoms with Crippen molar-refractivity contribution >= 4 is 50.5 Å². The maximum atomic E-state index is 13.2. The van der Waals surface area contributed by atoms with Gasteiger partial charge in [-0.3, -0.25) is 9.36 Å². The number of carbonyl (C=O) groups is 1. The van der Waals surface area contributed by atoms with Crippen molar-refractivity contribution in [3.05, 3.63) is 44.9 Å². The second-order valence-corrected chi connectivity index (χ2v) is 11.8. The van der Waals surface area contributed by atoms with Crippen molar-refractivity contribution < 1.29 is 9.53 Å². The Morgan fingerprint density at radius 1 is 1.08 bits per heavy atom. The summed E-state index contributed by atoms with van der Waals surface area (Å²) in [5.41, 5.74) is 1.72. The van der Waals surface area contributed by atoms with Crippen LogP contribution in [-0.2, 0) is 4.74 Å². The fraction of sp³-hybridized carbons (Fsp3) is 0.519. The molecule has 3 aromatic rings. The maximum absolute atomic E-state index is 13.2. The molecule has 1 amide bonds. The first-order chi connectivity index (χ1) is 18.1. The van der Waals surface area contributed by atoms with Gasteiger partial charge in [-0.2, -0.15) is 4.98 Å². The molecule has 4 heterocycles. The molecule has 1 aliphatic carbocycles. The molecule has 1 saturated carbocycles. The molecule has 11 heteroatoms. The van der Waals surface area contributed by atoms with Gasteiger partial charge in [0.1, 0.15) is 17.1 Å². The molecule has 0 radical (unpaired) electrons. The van der Waals surface area contributed by atoms with Gasteiger partial charge in [-0.1, -0.05) is 12.8 Å². The zero-order valence-electron chi connectivity index (χ0n) is 22.3. The lowest BCUT2D eigenvalue weighted by molar-refractivity contribution is 0.0240. The molecule has 0 aromatic carbocycles. The normalized spacial score (nSPS) is 16.8. The lowest BCUT2D eigenvalue weighted by atomic mass is 10.1. The van der Waals surface area contributed by atoms with Gasteiger partial charge in [-0.05, 0) is 74.2 Å². The van der Waals surface area contributed by atoms with E-state index in [1.165, 1.54) is 0 Å². The molecule has 5 rings (SSSR count). The molecule has 202 valence electrons. The SMILES string of the molecule is Cc1c(Br)c(=O)n(C2CCCC2)c2nc(Nc3ccc(N4CCN(C(=O)OC(C)(C)C)CC4)nc3)ncc12. The number of aryl methyl sites for hydroxylation is 1. The molecule has 1 N–H and O–H groups in total. The van der Waals surface area contributed by atoms with Crippen LogP contribution >= 0.6 is 15.9 Å². The van der Waals surface area contributed by atoms with Crippen molar-refractivity contribution in [1.29, 1.82) is 0 Å². The molecule has 0 unspecified atom stereocenters. The number of nitrogens with zero attached hydrogens (tertiary/aromatic N) is 6. The van der Waals surface area contributed by atoms with Gasteiger partial charge in [0.2, 0.25) is 5.95 Å². The van der Waals surface area contributed by atoms with Gasteiger partial charge < -0.3 is 19.9 Å². The minimum atomic E-state index is -0.503. The van der Waals surface area contributed by atoms with E-state index in [1.54, 1.807) is 17.3 Å². The summed E-state index contributed by atoms with van der Waals surface area (Å²) in [6.45, 7) is 10.1. The van der Waals surface area contributed by atoms with Crippen LogP contribution in [0.25, 0.3) is 11.0 Å². The number of anilines is 3. The quantitative estimate of drug-likeness (QED) is 0.448. The molecule has 3 aromatic heterocycles. The highest BCUT2D eigenvalue weighted by atomic mass is 79.9. The third kappa shape index (κ3) is 5.48. The lowest BCUT2D eigenvalue weighted by Crippen LogP contribution is -2.50. The average Bonchev–Trinajstić information content (AvgIpc) is 3.41. The van der Waals surface area contributed by atoms with E-state index in [4.69, 9.17) is 9.72 Å². The molecule has 38 heavy (non-hydrogen) atoms. The van der Waals surface area contributed by atoms with Crippen LogP contribution in [0.2, 0.25) is 0 Å². The van der Waals surface area contributed by atoms with Crippen LogP contribution in [-0.4, -0.2) is 62.3 Å². The third-order valence-electron chi connectivity index (χ3n) is 7.09. The Morgan fingerprint density at radius 3 is 2.42 bits per heavy atom. The van der Waals surface area contributed by atoms with Gasteiger partial charge in [0.05, 0.1) is 16.4 Å². The molecule has 0 bridgehead atoms. The lowest BCUT2D eigenvalue weighted by Gasteiger charge is -2.36. The molecular weight excluding hydrogens is 550 g/mol. The van der Waals surface area contributed by atoms with Gasteiger partial charge in [-0.15, -0.1) is 0 Å². The molecule has 10 nitrogen and oxygen atoms in total. The van der Waals surface area contributed by atoms with Crippen molar-refractivity contribution in [3.63, 3.8) is 0 Å². The van der Waals surface area contributed by atoms with Crippen molar-refractivity contribution in [2.75, 3.05) is 36.4 Å². The Labute approximate surface area is 230 Å². The first kappa shape index (κ1) is 26.4. The number of hydrogen-bond acceptors (Lipinski definition) is 8. The Bertz CT molecular complexity index is 1390. The summed E-state index contributed by atoms with van der Waals surface area (Å²) >= 11 is 3.49. The van der Waals surface area contributed by atoms with Gasteiger partial charge in [0.25, 0.3) is 5.56 Å². The van der Waals surface area contributed by atoms with Crippen molar-refractivity contribution in [3.8, 4) is 0 Å². The van der Waals surface area contributed by atoms with E-state index < -0.39 is 5.60 Å². The molecule has 0 atom stereocenters. The van der Waals surface area contributed by atoms with E-state index in [2.05, 4.69) is 36.1 Å². The number of hydrogen-bond donors (Lipinski definition) is 1. The van der Waals surface area contributed by atoms with E-state index in [1.807, 2.05) is 44.4 Å². The Balaban J connectivity index is 1.30. The van der Waals surface area contributed by atoms with Gasteiger partial charge in [-0.25, -0.2) is 14.8 Å². The molecule has 0 spiro atoms. The highest BCUT2D eigenvalue weighted by Gasteiger charge is 2.27.